The van der Waals surface area contributed by atoms with Crippen LogP contribution in [-0.2, 0) is 4.74 Å². The number of hydrogen-bond acceptors (Lipinski definition) is 4. The Morgan fingerprint density at radius 2 is 2.05 bits per heavy atom. The van der Waals surface area contributed by atoms with Crippen LogP contribution in [0.2, 0.25) is 0 Å². The predicted octanol–water partition coefficient (Wildman–Crippen LogP) is 2.79. The van der Waals surface area contributed by atoms with E-state index in [4.69, 9.17) is 10.6 Å². The third kappa shape index (κ3) is 3.78. The van der Waals surface area contributed by atoms with Crippen molar-refractivity contribution < 1.29 is 4.74 Å². The second-order valence-corrected chi connectivity index (χ2v) is 6.08. The zero-order chi connectivity index (χ0) is 14.6. The van der Waals surface area contributed by atoms with E-state index in [9.17, 15) is 0 Å². The van der Waals surface area contributed by atoms with Crippen LogP contribution in [0.4, 0.5) is 0 Å². The SMILES string of the molecule is CCOC(C(C)C)C(NN)c1c(Br)cnn1C(C)C. The number of rotatable bonds is 7. The molecule has 1 rings (SSSR count). The molecular weight excluding hydrogens is 308 g/mol. The van der Waals surface area contributed by atoms with Gasteiger partial charge in [-0.15, -0.1) is 0 Å². The normalized spacial score (nSPS) is 15.2. The number of nitrogens with one attached hydrogen (secondary N) is 1. The van der Waals surface area contributed by atoms with Crippen molar-refractivity contribution in [2.24, 2.45) is 11.8 Å². The third-order valence-corrected chi connectivity index (χ3v) is 3.71. The number of aromatic nitrogens is 2. The predicted molar refractivity (Wildman–Crippen MR) is 80.6 cm³/mol. The molecule has 3 N–H and O–H groups in total. The van der Waals surface area contributed by atoms with Crippen molar-refractivity contribution in [1.82, 2.24) is 15.2 Å². The summed E-state index contributed by atoms with van der Waals surface area (Å²) in [6.45, 7) is 11.1. The van der Waals surface area contributed by atoms with Crippen molar-refractivity contribution in [3.8, 4) is 0 Å². The van der Waals surface area contributed by atoms with Gasteiger partial charge in [-0.05, 0) is 42.6 Å². The van der Waals surface area contributed by atoms with E-state index >= 15 is 0 Å². The Labute approximate surface area is 124 Å². The molecule has 2 atom stereocenters. The van der Waals surface area contributed by atoms with Crippen LogP contribution in [-0.4, -0.2) is 22.5 Å². The molecule has 1 heterocycles. The van der Waals surface area contributed by atoms with Gasteiger partial charge in [0.25, 0.3) is 0 Å². The summed E-state index contributed by atoms with van der Waals surface area (Å²) in [6, 6.07) is 0.172. The van der Waals surface area contributed by atoms with Gasteiger partial charge in [-0.25, -0.2) is 5.43 Å². The van der Waals surface area contributed by atoms with Crippen LogP contribution >= 0.6 is 15.9 Å². The zero-order valence-electron chi connectivity index (χ0n) is 12.4. The summed E-state index contributed by atoms with van der Waals surface area (Å²) in [5.74, 6) is 6.13. The third-order valence-electron chi connectivity index (χ3n) is 3.09. The lowest BCUT2D eigenvalue weighted by Crippen LogP contribution is -2.42. The maximum atomic E-state index is 5.87. The minimum absolute atomic E-state index is 0.000463. The fourth-order valence-electron chi connectivity index (χ4n) is 2.25. The summed E-state index contributed by atoms with van der Waals surface area (Å²) in [5.41, 5.74) is 3.92. The Kier molecular flexibility index (Phi) is 6.46. The average molecular weight is 333 g/mol. The first-order chi connectivity index (χ1) is 8.93. The molecule has 1 aromatic heterocycles. The van der Waals surface area contributed by atoms with Gasteiger partial charge < -0.3 is 4.74 Å². The van der Waals surface area contributed by atoms with Crippen LogP contribution in [0, 0.1) is 5.92 Å². The first kappa shape index (κ1) is 16.6. The molecule has 2 unspecified atom stereocenters. The fourth-order valence-corrected chi connectivity index (χ4v) is 2.77. The van der Waals surface area contributed by atoms with E-state index in [0.29, 0.717) is 12.5 Å². The van der Waals surface area contributed by atoms with E-state index in [1.807, 2.05) is 17.8 Å². The molecule has 0 radical (unpaired) electrons. The highest BCUT2D eigenvalue weighted by Crippen LogP contribution is 2.31. The largest absolute Gasteiger partial charge is 0.376 e. The molecule has 0 aromatic carbocycles. The number of ether oxygens (including phenoxy) is 1. The molecule has 0 saturated carbocycles. The molecular formula is C13H25BrN4O. The summed E-state index contributed by atoms with van der Waals surface area (Å²) in [4.78, 5) is 0. The summed E-state index contributed by atoms with van der Waals surface area (Å²) in [5, 5.41) is 4.40. The highest BCUT2D eigenvalue weighted by Gasteiger charge is 2.30. The van der Waals surface area contributed by atoms with E-state index in [1.165, 1.54) is 0 Å². The van der Waals surface area contributed by atoms with E-state index < -0.39 is 0 Å². The van der Waals surface area contributed by atoms with Gasteiger partial charge in [0.2, 0.25) is 0 Å². The average Bonchev–Trinajstić information content (AvgIpc) is 2.71. The quantitative estimate of drug-likeness (QED) is 0.595. The van der Waals surface area contributed by atoms with Gasteiger partial charge in [-0.2, -0.15) is 5.10 Å². The van der Waals surface area contributed by atoms with E-state index in [1.54, 1.807) is 0 Å². The maximum Gasteiger partial charge on any atom is 0.0904 e. The van der Waals surface area contributed by atoms with Crippen molar-refractivity contribution in [3.05, 3.63) is 16.4 Å². The molecule has 0 aliphatic heterocycles. The standard InChI is InChI=1S/C13H25BrN4O/c1-6-19-13(8(2)3)11(17-15)12-10(14)7-16-18(12)9(4)5/h7-9,11,13,17H,6,15H2,1-5H3. The Morgan fingerprint density at radius 1 is 1.42 bits per heavy atom. The number of halogens is 1. The summed E-state index contributed by atoms with van der Waals surface area (Å²) in [7, 11) is 0. The van der Waals surface area contributed by atoms with Crippen LogP contribution in [0.3, 0.4) is 0 Å². The van der Waals surface area contributed by atoms with Crippen LogP contribution in [0.1, 0.15) is 52.4 Å². The molecule has 19 heavy (non-hydrogen) atoms. The first-order valence-corrected chi connectivity index (χ1v) is 7.53. The van der Waals surface area contributed by atoms with Gasteiger partial charge in [0, 0.05) is 12.6 Å². The van der Waals surface area contributed by atoms with Gasteiger partial charge in [0.15, 0.2) is 0 Å². The minimum Gasteiger partial charge on any atom is -0.376 e. The molecule has 0 bridgehead atoms. The Balaban J connectivity index is 3.17. The smallest absolute Gasteiger partial charge is 0.0904 e. The van der Waals surface area contributed by atoms with Gasteiger partial charge in [0.05, 0.1) is 28.5 Å². The van der Waals surface area contributed by atoms with E-state index in [-0.39, 0.29) is 18.2 Å². The lowest BCUT2D eigenvalue weighted by atomic mass is 9.97. The molecule has 1 aromatic rings. The van der Waals surface area contributed by atoms with Crippen molar-refractivity contribution in [2.45, 2.75) is 52.8 Å². The zero-order valence-corrected chi connectivity index (χ0v) is 13.9. The van der Waals surface area contributed by atoms with Crippen molar-refractivity contribution in [2.75, 3.05) is 6.61 Å². The van der Waals surface area contributed by atoms with Gasteiger partial charge in [-0.3, -0.25) is 10.5 Å². The van der Waals surface area contributed by atoms with Gasteiger partial charge >= 0.3 is 0 Å². The number of nitrogens with two attached hydrogens (primary N) is 1. The lowest BCUT2D eigenvalue weighted by molar-refractivity contribution is 0.000277. The highest BCUT2D eigenvalue weighted by atomic mass is 79.9. The summed E-state index contributed by atoms with van der Waals surface area (Å²) in [6.07, 6.45) is 1.81. The molecule has 0 aliphatic carbocycles. The van der Waals surface area contributed by atoms with Crippen molar-refractivity contribution >= 4 is 15.9 Å². The van der Waals surface area contributed by atoms with Crippen molar-refractivity contribution in [1.29, 1.82) is 0 Å². The second kappa shape index (κ2) is 7.38. The van der Waals surface area contributed by atoms with Crippen LogP contribution in [0.5, 0.6) is 0 Å². The van der Waals surface area contributed by atoms with Crippen LogP contribution < -0.4 is 11.3 Å². The molecule has 0 spiro atoms. The number of hydrazine groups is 1. The maximum absolute atomic E-state index is 5.87. The first-order valence-electron chi connectivity index (χ1n) is 6.74. The Bertz CT molecular complexity index is 392. The molecule has 0 saturated heterocycles. The van der Waals surface area contributed by atoms with Gasteiger partial charge in [-0.1, -0.05) is 13.8 Å². The van der Waals surface area contributed by atoms with Crippen LogP contribution in [0.25, 0.3) is 0 Å². The molecule has 0 aliphatic rings. The van der Waals surface area contributed by atoms with E-state index in [2.05, 4.69) is 54.1 Å². The number of nitrogens with zero attached hydrogens (tertiary/aromatic N) is 2. The fraction of sp³-hybridized carbons (Fsp3) is 0.769. The Morgan fingerprint density at radius 3 is 2.47 bits per heavy atom. The van der Waals surface area contributed by atoms with Crippen molar-refractivity contribution in [3.63, 3.8) is 0 Å². The minimum atomic E-state index is -0.0979. The van der Waals surface area contributed by atoms with Gasteiger partial charge in [0.1, 0.15) is 0 Å². The molecule has 0 fully saturated rings. The molecule has 6 heteroatoms. The number of hydrogen-bond donors (Lipinski definition) is 2. The monoisotopic (exact) mass is 332 g/mol. The lowest BCUT2D eigenvalue weighted by Gasteiger charge is -2.31. The molecule has 110 valence electrons. The highest BCUT2D eigenvalue weighted by molar-refractivity contribution is 9.10. The molecule has 5 nitrogen and oxygen atoms in total. The second-order valence-electron chi connectivity index (χ2n) is 5.22. The summed E-state index contributed by atoms with van der Waals surface area (Å²) < 4.78 is 8.79. The molecule has 0 amide bonds. The topological polar surface area (TPSA) is 65.1 Å². The van der Waals surface area contributed by atoms with Crippen LogP contribution in [0.15, 0.2) is 10.7 Å². The Hall–Kier alpha value is -0.430. The van der Waals surface area contributed by atoms with E-state index in [0.717, 1.165) is 10.2 Å². The summed E-state index contributed by atoms with van der Waals surface area (Å²) >= 11 is 3.56.